The molecule has 6 nitrogen and oxygen atoms in total. The maximum absolute atomic E-state index is 13.0. The van der Waals surface area contributed by atoms with E-state index in [0.29, 0.717) is 18.7 Å². The number of imidazole rings is 1. The van der Waals surface area contributed by atoms with E-state index in [1.807, 2.05) is 36.8 Å². The highest BCUT2D eigenvalue weighted by Gasteiger charge is 2.31. The third-order valence-electron chi connectivity index (χ3n) is 7.34. The summed E-state index contributed by atoms with van der Waals surface area (Å²) in [6, 6.07) is 9.70. The molecule has 0 bridgehead atoms. The van der Waals surface area contributed by atoms with Crippen LogP contribution in [0.1, 0.15) is 81.0 Å². The molecule has 0 radical (unpaired) electrons. The van der Waals surface area contributed by atoms with Gasteiger partial charge in [0.05, 0.1) is 29.7 Å². The summed E-state index contributed by atoms with van der Waals surface area (Å²) in [5, 5.41) is 12.4. The predicted molar refractivity (Wildman–Crippen MR) is 129 cm³/mol. The van der Waals surface area contributed by atoms with Gasteiger partial charge in [0.1, 0.15) is 0 Å². The van der Waals surface area contributed by atoms with Crippen molar-refractivity contribution < 1.29 is 4.79 Å². The minimum Gasteiger partial charge on any atom is -0.341 e. The fourth-order valence-electron chi connectivity index (χ4n) is 5.24. The highest BCUT2D eigenvalue weighted by molar-refractivity contribution is 5.83. The van der Waals surface area contributed by atoms with E-state index in [1.54, 1.807) is 0 Å². The average Bonchev–Trinajstić information content (AvgIpc) is 3.45. The van der Waals surface area contributed by atoms with Crippen LogP contribution in [0, 0.1) is 17.2 Å². The van der Waals surface area contributed by atoms with Gasteiger partial charge in [0.25, 0.3) is 0 Å². The molecule has 2 aliphatic rings. The van der Waals surface area contributed by atoms with Gasteiger partial charge in [-0.3, -0.25) is 4.79 Å². The van der Waals surface area contributed by atoms with Gasteiger partial charge in [0.15, 0.2) is 0 Å². The van der Waals surface area contributed by atoms with Gasteiger partial charge >= 0.3 is 0 Å². The summed E-state index contributed by atoms with van der Waals surface area (Å²) in [6.45, 7) is 3.12. The normalized spacial score (nSPS) is 20.3. The highest BCUT2D eigenvalue weighted by Crippen LogP contribution is 2.25. The molecule has 1 aromatic carbocycles. The van der Waals surface area contributed by atoms with Gasteiger partial charge in [-0.2, -0.15) is 5.26 Å². The maximum atomic E-state index is 13.0. The Morgan fingerprint density at radius 1 is 1.03 bits per heavy atom. The van der Waals surface area contributed by atoms with Crippen LogP contribution in [-0.2, 0) is 17.9 Å². The van der Waals surface area contributed by atoms with Crippen LogP contribution in [0.4, 0.5) is 0 Å². The van der Waals surface area contributed by atoms with Crippen molar-refractivity contribution in [2.24, 2.45) is 5.92 Å². The molecule has 1 N–H and O–H groups in total. The minimum absolute atomic E-state index is 0.0937. The molecule has 2 aromatic rings. The topological polar surface area (TPSA) is 74.0 Å². The van der Waals surface area contributed by atoms with E-state index < -0.39 is 0 Å². The summed E-state index contributed by atoms with van der Waals surface area (Å²) < 4.78 is 2.10. The quantitative estimate of drug-likeness (QED) is 0.640. The lowest BCUT2D eigenvalue weighted by atomic mass is 9.93. The molecule has 1 aromatic heterocycles. The van der Waals surface area contributed by atoms with Crippen LogP contribution in [0.25, 0.3) is 0 Å². The van der Waals surface area contributed by atoms with Gasteiger partial charge < -0.3 is 14.8 Å². The lowest BCUT2D eigenvalue weighted by Crippen LogP contribution is -2.38. The van der Waals surface area contributed by atoms with E-state index in [0.717, 1.165) is 43.1 Å². The van der Waals surface area contributed by atoms with E-state index in [1.165, 1.54) is 51.4 Å². The van der Waals surface area contributed by atoms with E-state index >= 15 is 0 Å². The second-order valence-corrected chi connectivity index (χ2v) is 9.72. The number of nitrogens with zero attached hydrogens (tertiary/aromatic N) is 4. The first-order chi connectivity index (χ1) is 16.2. The number of benzene rings is 1. The average molecular weight is 448 g/mol. The van der Waals surface area contributed by atoms with Crippen LogP contribution in [0.3, 0.4) is 0 Å². The zero-order valence-corrected chi connectivity index (χ0v) is 19.7. The molecule has 4 rings (SSSR count). The zero-order chi connectivity index (χ0) is 22.9. The molecule has 1 amide bonds. The largest absolute Gasteiger partial charge is 0.341 e. The molecule has 1 saturated heterocycles. The Bertz CT molecular complexity index is 919. The standard InChI is InChI=1S/C27H37N5O/c28-17-23-9-11-24(12-10-23)20-32-21-29-18-25(32)19-30-26-14-16-31(27(26)33)15-13-22-7-5-3-1-2-4-6-8-22/h9-12,18,21-22,26,30H,1-8,13-16,19-20H2. The maximum Gasteiger partial charge on any atom is 0.239 e. The Labute approximate surface area is 198 Å². The van der Waals surface area contributed by atoms with Crippen molar-refractivity contribution >= 4 is 5.91 Å². The second-order valence-electron chi connectivity index (χ2n) is 9.72. The second kappa shape index (κ2) is 12.0. The van der Waals surface area contributed by atoms with Crippen molar-refractivity contribution in [3.05, 3.63) is 53.6 Å². The van der Waals surface area contributed by atoms with Crippen molar-refractivity contribution in [2.75, 3.05) is 13.1 Å². The monoisotopic (exact) mass is 447 g/mol. The third kappa shape index (κ3) is 6.68. The lowest BCUT2D eigenvalue weighted by Gasteiger charge is -2.22. The van der Waals surface area contributed by atoms with Crippen LogP contribution in [0.2, 0.25) is 0 Å². The summed E-state index contributed by atoms with van der Waals surface area (Å²) >= 11 is 0. The summed E-state index contributed by atoms with van der Waals surface area (Å²) in [6.07, 6.45) is 16.7. The molecular weight excluding hydrogens is 410 g/mol. The molecule has 1 aliphatic heterocycles. The van der Waals surface area contributed by atoms with Crippen molar-refractivity contribution in [2.45, 2.75) is 83.3 Å². The van der Waals surface area contributed by atoms with Gasteiger partial charge in [-0.05, 0) is 36.5 Å². The SMILES string of the molecule is N#Cc1ccc(Cn2cncc2CNC2CCN(CCC3CCCCCCCC3)C2=O)cc1. The number of amides is 1. The molecule has 2 fully saturated rings. The molecule has 6 heteroatoms. The molecule has 1 saturated carbocycles. The number of hydrogen-bond donors (Lipinski definition) is 1. The smallest absolute Gasteiger partial charge is 0.239 e. The van der Waals surface area contributed by atoms with E-state index in [9.17, 15) is 4.79 Å². The molecule has 176 valence electrons. The van der Waals surface area contributed by atoms with Crippen molar-refractivity contribution in [3.8, 4) is 6.07 Å². The van der Waals surface area contributed by atoms with Gasteiger partial charge in [-0.25, -0.2) is 4.98 Å². The number of likely N-dealkylation sites (tertiary alicyclic amines) is 1. The Hall–Kier alpha value is -2.65. The van der Waals surface area contributed by atoms with Gasteiger partial charge in [-0.1, -0.05) is 63.5 Å². The predicted octanol–water partition coefficient (Wildman–Crippen LogP) is 4.63. The number of nitriles is 1. The Balaban J connectivity index is 1.24. The molecule has 33 heavy (non-hydrogen) atoms. The number of nitrogens with one attached hydrogen (secondary N) is 1. The molecular formula is C27H37N5O. The number of rotatable bonds is 8. The third-order valence-corrected chi connectivity index (χ3v) is 7.34. The Morgan fingerprint density at radius 2 is 1.76 bits per heavy atom. The van der Waals surface area contributed by atoms with Crippen LogP contribution in [0.15, 0.2) is 36.8 Å². The lowest BCUT2D eigenvalue weighted by molar-refractivity contribution is -0.129. The minimum atomic E-state index is -0.0937. The van der Waals surface area contributed by atoms with Crippen LogP contribution in [-0.4, -0.2) is 39.5 Å². The fourth-order valence-corrected chi connectivity index (χ4v) is 5.24. The Morgan fingerprint density at radius 3 is 2.48 bits per heavy atom. The zero-order valence-electron chi connectivity index (χ0n) is 19.7. The van der Waals surface area contributed by atoms with Gasteiger partial charge in [-0.15, -0.1) is 0 Å². The van der Waals surface area contributed by atoms with E-state index in [-0.39, 0.29) is 11.9 Å². The number of carbonyl (C=O) groups excluding carboxylic acids is 1. The van der Waals surface area contributed by atoms with Crippen molar-refractivity contribution in [1.29, 1.82) is 5.26 Å². The van der Waals surface area contributed by atoms with Crippen molar-refractivity contribution in [1.82, 2.24) is 19.8 Å². The summed E-state index contributed by atoms with van der Waals surface area (Å²) in [7, 11) is 0. The first-order valence-corrected chi connectivity index (χ1v) is 12.7. The first-order valence-electron chi connectivity index (χ1n) is 12.7. The van der Waals surface area contributed by atoms with Gasteiger partial charge in [0, 0.05) is 32.4 Å². The number of aromatic nitrogens is 2. The van der Waals surface area contributed by atoms with Gasteiger partial charge in [0.2, 0.25) is 5.91 Å². The summed E-state index contributed by atoms with van der Waals surface area (Å²) in [5.74, 6) is 1.05. The highest BCUT2D eigenvalue weighted by atomic mass is 16.2. The van der Waals surface area contributed by atoms with Crippen LogP contribution < -0.4 is 5.32 Å². The molecule has 1 atom stereocenters. The first kappa shape index (κ1) is 23.5. The summed E-state index contributed by atoms with van der Waals surface area (Å²) in [4.78, 5) is 19.4. The summed E-state index contributed by atoms with van der Waals surface area (Å²) in [5.41, 5.74) is 2.86. The number of hydrogen-bond acceptors (Lipinski definition) is 4. The van der Waals surface area contributed by atoms with Crippen LogP contribution >= 0.6 is 0 Å². The molecule has 1 aliphatic carbocycles. The van der Waals surface area contributed by atoms with Crippen LogP contribution in [0.5, 0.6) is 0 Å². The molecule has 1 unspecified atom stereocenters. The van der Waals surface area contributed by atoms with E-state index in [2.05, 4.69) is 25.8 Å². The molecule has 0 spiro atoms. The Kier molecular flexibility index (Phi) is 8.54. The number of carbonyl (C=O) groups is 1. The van der Waals surface area contributed by atoms with E-state index in [4.69, 9.17) is 5.26 Å². The fraction of sp³-hybridized carbons (Fsp3) is 0.593. The van der Waals surface area contributed by atoms with Crippen molar-refractivity contribution in [3.63, 3.8) is 0 Å². The molecule has 2 heterocycles.